The highest BCUT2D eigenvalue weighted by molar-refractivity contribution is 5.80. The van der Waals surface area contributed by atoms with Crippen LogP contribution in [0.2, 0.25) is 0 Å². The Labute approximate surface area is 264 Å². The number of halogens is 6. The Morgan fingerprint density at radius 2 is 1.81 bits per heavy atom. The summed E-state index contributed by atoms with van der Waals surface area (Å²) in [4.78, 5) is 31.4. The number of hydrogen-bond acceptors (Lipinski definition) is 7. The number of alkyl halides is 6. The summed E-state index contributed by atoms with van der Waals surface area (Å²) in [6.07, 6.45) is -7.75. The van der Waals surface area contributed by atoms with Gasteiger partial charge < -0.3 is 24.3 Å². The van der Waals surface area contributed by atoms with E-state index in [2.05, 4.69) is 15.4 Å². The number of benzene rings is 1. The Morgan fingerprint density at radius 1 is 1.09 bits per heavy atom. The van der Waals surface area contributed by atoms with Crippen molar-refractivity contribution in [1.82, 2.24) is 24.2 Å². The second-order valence-corrected chi connectivity index (χ2v) is 11.4. The van der Waals surface area contributed by atoms with Crippen LogP contribution in [0.4, 0.5) is 32.0 Å². The molecule has 0 saturated carbocycles. The van der Waals surface area contributed by atoms with E-state index in [1.54, 1.807) is 42.2 Å². The fourth-order valence-electron chi connectivity index (χ4n) is 5.56. The van der Waals surface area contributed by atoms with E-state index in [0.717, 1.165) is 23.1 Å². The van der Waals surface area contributed by atoms with Crippen LogP contribution in [0, 0.1) is 0 Å². The van der Waals surface area contributed by atoms with Crippen LogP contribution >= 0.6 is 0 Å². The highest BCUT2D eigenvalue weighted by Gasteiger charge is 2.38. The van der Waals surface area contributed by atoms with Crippen molar-refractivity contribution in [2.45, 2.75) is 57.8 Å². The Morgan fingerprint density at radius 3 is 2.47 bits per heavy atom. The molecule has 1 aliphatic rings. The number of methoxy groups -OCH3 is 1. The first-order valence-corrected chi connectivity index (χ1v) is 14.6. The topological polar surface area (TPSA) is 104 Å². The van der Waals surface area contributed by atoms with Gasteiger partial charge in [-0.1, -0.05) is 12.1 Å². The molecule has 1 N–H and O–H groups in total. The molecule has 1 amide bonds. The van der Waals surface area contributed by atoms with Crippen LogP contribution in [0.5, 0.6) is 5.75 Å². The number of hydrogen-bond donors (Lipinski definition) is 1. The number of pyridine rings is 1. The summed E-state index contributed by atoms with van der Waals surface area (Å²) in [5.41, 5.74) is -2.41. The van der Waals surface area contributed by atoms with Crippen molar-refractivity contribution >= 4 is 22.6 Å². The van der Waals surface area contributed by atoms with Crippen LogP contribution in [-0.4, -0.2) is 63.0 Å². The Bertz CT molecular complexity index is 1800. The molecule has 0 unspecified atom stereocenters. The van der Waals surface area contributed by atoms with Gasteiger partial charge in [0.2, 0.25) is 5.91 Å². The summed E-state index contributed by atoms with van der Waals surface area (Å²) in [5, 5.41) is 6.91. The maximum atomic E-state index is 14.0. The van der Waals surface area contributed by atoms with Gasteiger partial charge in [0.25, 0.3) is 5.56 Å². The molecule has 2 atom stereocenters. The van der Waals surface area contributed by atoms with Crippen LogP contribution in [0.1, 0.15) is 48.7 Å². The molecular weight excluding hydrogens is 634 g/mol. The molecule has 1 aromatic carbocycles. The summed E-state index contributed by atoms with van der Waals surface area (Å²) >= 11 is 0. The number of nitrogens with zero attached hydrogens (tertiary/aromatic N) is 5. The molecule has 10 nitrogen and oxygen atoms in total. The van der Waals surface area contributed by atoms with Crippen LogP contribution in [-0.2, 0) is 35.0 Å². The molecule has 252 valence electrons. The van der Waals surface area contributed by atoms with Gasteiger partial charge in [0, 0.05) is 29.9 Å². The third-order valence-corrected chi connectivity index (χ3v) is 7.76. The molecule has 1 aliphatic heterocycles. The van der Waals surface area contributed by atoms with Crippen molar-refractivity contribution in [3.8, 4) is 5.75 Å². The number of amides is 1. The first-order valence-electron chi connectivity index (χ1n) is 14.6. The Hall–Kier alpha value is -4.60. The lowest BCUT2D eigenvalue weighted by atomic mass is 10.2. The number of aromatic nitrogens is 4. The van der Waals surface area contributed by atoms with Gasteiger partial charge in [-0.15, -0.1) is 0 Å². The van der Waals surface area contributed by atoms with Crippen LogP contribution in [0.25, 0.3) is 11.0 Å². The molecule has 5 rings (SSSR count). The van der Waals surface area contributed by atoms with Crippen molar-refractivity contribution < 1.29 is 40.6 Å². The van der Waals surface area contributed by atoms with E-state index in [1.807, 2.05) is 11.5 Å². The van der Waals surface area contributed by atoms with Gasteiger partial charge in [0.1, 0.15) is 17.0 Å². The minimum Gasteiger partial charge on any atom is -0.497 e. The van der Waals surface area contributed by atoms with Crippen LogP contribution in [0.15, 0.2) is 53.6 Å². The Kier molecular flexibility index (Phi) is 9.52. The van der Waals surface area contributed by atoms with Crippen LogP contribution < -0.4 is 15.6 Å². The monoisotopic (exact) mass is 666 g/mol. The van der Waals surface area contributed by atoms with E-state index >= 15 is 0 Å². The summed E-state index contributed by atoms with van der Waals surface area (Å²) in [5.74, 6) is 0.309. The maximum Gasteiger partial charge on any atom is 0.423 e. The lowest BCUT2D eigenvalue weighted by Crippen LogP contribution is -2.40. The molecule has 0 saturated heterocycles. The number of nitrogens with one attached hydrogen (secondary N) is 1. The van der Waals surface area contributed by atoms with Gasteiger partial charge in [0.15, 0.2) is 0 Å². The van der Waals surface area contributed by atoms with E-state index < -0.39 is 40.8 Å². The second-order valence-electron chi connectivity index (χ2n) is 11.4. The molecule has 0 fully saturated rings. The first kappa shape index (κ1) is 33.8. The van der Waals surface area contributed by atoms with Gasteiger partial charge >= 0.3 is 12.4 Å². The van der Waals surface area contributed by atoms with Gasteiger partial charge in [0.05, 0.1) is 63.3 Å². The van der Waals surface area contributed by atoms with Crippen molar-refractivity contribution in [3.63, 3.8) is 0 Å². The molecule has 4 aromatic rings. The average Bonchev–Trinajstić information content (AvgIpc) is 3.38. The average molecular weight is 667 g/mol. The zero-order valence-electron chi connectivity index (χ0n) is 25.7. The standard InChI is InChI=1S/C31H32F6N6O4/c1-18(40-25-13-39-42(29(45)27(25)31(35,36)37)15-20-4-6-24(46-3)7-5-20)17-47-9-8-26(44)41-14-19(2)43-23(16-41)11-21-10-22(30(32,33)34)12-38-28(21)43/h4-7,10-13,18-19,40H,8-9,14-17H2,1-3H3/t18-,19+/m0/s1. The zero-order chi connectivity index (χ0) is 34.1. The fraction of sp³-hybridized carbons (Fsp3) is 0.419. The van der Waals surface area contributed by atoms with Crippen molar-refractivity contribution in [2.24, 2.45) is 0 Å². The molecule has 0 spiro atoms. The van der Waals surface area contributed by atoms with E-state index in [-0.39, 0.29) is 44.7 Å². The molecule has 0 radical (unpaired) electrons. The lowest BCUT2D eigenvalue weighted by Gasteiger charge is -2.33. The normalized spacial score (nSPS) is 15.9. The summed E-state index contributed by atoms with van der Waals surface area (Å²) in [6, 6.07) is 8.21. The predicted molar refractivity (Wildman–Crippen MR) is 159 cm³/mol. The highest BCUT2D eigenvalue weighted by Crippen LogP contribution is 2.34. The lowest BCUT2D eigenvalue weighted by molar-refractivity contribution is -0.139. The van der Waals surface area contributed by atoms with Crippen molar-refractivity contribution in [2.75, 3.05) is 32.2 Å². The zero-order valence-corrected chi connectivity index (χ0v) is 25.7. The van der Waals surface area contributed by atoms with Crippen molar-refractivity contribution in [3.05, 3.63) is 81.5 Å². The summed E-state index contributed by atoms with van der Waals surface area (Å²) < 4.78 is 94.6. The van der Waals surface area contributed by atoms with E-state index in [4.69, 9.17) is 9.47 Å². The SMILES string of the molecule is COc1ccc(Cn2ncc(N[C@@H](C)COCCC(=O)N3Cc4cc5cc(C(F)(F)F)cnc5n4[C@H](C)C3)c(C(F)(F)F)c2=O)cc1. The third-order valence-electron chi connectivity index (χ3n) is 7.76. The molecule has 16 heteroatoms. The maximum absolute atomic E-state index is 14.0. The van der Waals surface area contributed by atoms with Gasteiger partial charge in [-0.2, -0.15) is 31.4 Å². The first-order chi connectivity index (χ1) is 22.2. The summed E-state index contributed by atoms with van der Waals surface area (Å²) in [7, 11) is 1.48. The minimum absolute atomic E-state index is 0.0209. The van der Waals surface area contributed by atoms with Gasteiger partial charge in [-0.3, -0.25) is 9.59 Å². The molecular formula is C31H32F6N6O4. The van der Waals surface area contributed by atoms with E-state index in [1.165, 1.54) is 7.11 Å². The molecule has 0 bridgehead atoms. The molecule has 47 heavy (non-hydrogen) atoms. The fourth-order valence-corrected chi connectivity index (χ4v) is 5.56. The smallest absolute Gasteiger partial charge is 0.423 e. The number of carbonyl (C=O) groups is 1. The van der Waals surface area contributed by atoms with Gasteiger partial charge in [-0.25, -0.2) is 9.67 Å². The van der Waals surface area contributed by atoms with E-state index in [9.17, 15) is 35.9 Å². The van der Waals surface area contributed by atoms with Crippen molar-refractivity contribution in [1.29, 1.82) is 0 Å². The number of rotatable bonds is 10. The minimum atomic E-state index is -4.95. The van der Waals surface area contributed by atoms with Gasteiger partial charge in [-0.05, 0) is 43.7 Å². The number of fused-ring (bicyclic) bond motifs is 3. The largest absolute Gasteiger partial charge is 0.497 e. The Balaban J connectivity index is 1.16. The molecule has 3 aromatic heterocycles. The number of ether oxygens (including phenoxy) is 2. The number of anilines is 1. The quantitative estimate of drug-likeness (QED) is 0.176. The predicted octanol–water partition coefficient (Wildman–Crippen LogP) is 5.50. The second kappa shape index (κ2) is 13.3. The van der Waals surface area contributed by atoms with Crippen LogP contribution in [0.3, 0.4) is 0 Å². The summed E-state index contributed by atoms with van der Waals surface area (Å²) in [6.45, 7) is 3.62. The number of carbonyl (C=O) groups excluding carboxylic acids is 1. The molecule has 0 aliphatic carbocycles. The van der Waals surface area contributed by atoms with E-state index in [0.29, 0.717) is 34.6 Å². The molecule has 4 heterocycles. The highest BCUT2D eigenvalue weighted by atomic mass is 19.4. The third kappa shape index (κ3) is 7.53.